The molecule has 146 valence electrons. The number of benzene rings is 1. The van der Waals surface area contributed by atoms with Gasteiger partial charge in [0, 0.05) is 44.3 Å². The second-order valence-electron chi connectivity index (χ2n) is 6.88. The molecule has 2 fully saturated rings. The van der Waals surface area contributed by atoms with Crippen LogP contribution in [0.5, 0.6) is 0 Å². The molecular weight excluding hydrogens is 370 g/mol. The predicted molar refractivity (Wildman–Crippen MR) is 104 cm³/mol. The number of carbonyl (C=O) groups excluding carboxylic acids is 3. The molecule has 2 saturated heterocycles. The van der Waals surface area contributed by atoms with E-state index in [1.165, 1.54) is 0 Å². The number of likely N-dealkylation sites (tertiary alicyclic amines) is 1. The minimum atomic E-state index is -0.352. The van der Waals surface area contributed by atoms with Crippen LogP contribution in [0.4, 0.5) is 16.2 Å². The Bertz CT molecular complexity index is 742. The van der Waals surface area contributed by atoms with Gasteiger partial charge in [0.05, 0.1) is 17.3 Å². The number of hydrogen-bond acceptors (Lipinski definition) is 4. The number of anilines is 2. The van der Waals surface area contributed by atoms with E-state index >= 15 is 0 Å². The van der Waals surface area contributed by atoms with E-state index in [0.717, 1.165) is 18.7 Å². The van der Waals surface area contributed by atoms with E-state index in [2.05, 4.69) is 16.0 Å². The highest BCUT2D eigenvalue weighted by atomic mass is 35.5. The largest absolute Gasteiger partial charge is 0.359 e. The van der Waals surface area contributed by atoms with Crippen molar-refractivity contribution in [1.29, 1.82) is 0 Å². The number of halogens is 1. The summed E-state index contributed by atoms with van der Waals surface area (Å²) in [4.78, 5) is 39.1. The molecule has 0 spiro atoms. The third-order valence-electron chi connectivity index (χ3n) is 4.63. The fraction of sp³-hybridized carbons (Fsp3) is 0.500. The number of carbonyl (C=O) groups is 3. The summed E-state index contributed by atoms with van der Waals surface area (Å²) < 4.78 is 0. The van der Waals surface area contributed by atoms with Gasteiger partial charge in [0.2, 0.25) is 11.8 Å². The fourth-order valence-electron chi connectivity index (χ4n) is 3.35. The molecule has 2 aliphatic rings. The molecule has 2 aliphatic heterocycles. The summed E-state index contributed by atoms with van der Waals surface area (Å²) in [5, 5.41) is 8.82. The first-order chi connectivity index (χ1) is 12.9. The van der Waals surface area contributed by atoms with Crippen molar-refractivity contribution in [2.75, 3.05) is 42.9 Å². The Morgan fingerprint density at radius 1 is 1.33 bits per heavy atom. The normalized spacial score (nSPS) is 18.3. The molecule has 0 aliphatic carbocycles. The van der Waals surface area contributed by atoms with Crippen LogP contribution in [0.2, 0.25) is 5.02 Å². The Morgan fingerprint density at radius 2 is 2.15 bits per heavy atom. The second-order valence-corrected chi connectivity index (χ2v) is 7.29. The number of piperazine rings is 1. The van der Waals surface area contributed by atoms with Crippen molar-refractivity contribution in [2.45, 2.75) is 25.8 Å². The molecule has 1 aromatic rings. The van der Waals surface area contributed by atoms with E-state index in [9.17, 15) is 14.4 Å². The van der Waals surface area contributed by atoms with Crippen LogP contribution in [0.3, 0.4) is 0 Å². The third-order valence-corrected chi connectivity index (χ3v) is 4.93. The highest BCUT2D eigenvalue weighted by molar-refractivity contribution is 6.33. The van der Waals surface area contributed by atoms with E-state index < -0.39 is 0 Å². The van der Waals surface area contributed by atoms with Gasteiger partial charge in [-0.1, -0.05) is 11.6 Å². The van der Waals surface area contributed by atoms with Gasteiger partial charge < -0.3 is 25.8 Å². The summed E-state index contributed by atoms with van der Waals surface area (Å²) in [6.07, 6.45) is 1.46. The monoisotopic (exact) mass is 393 g/mol. The number of rotatable bonds is 5. The summed E-state index contributed by atoms with van der Waals surface area (Å²) in [6.45, 7) is 4.64. The molecule has 1 atom stereocenters. The van der Waals surface area contributed by atoms with E-state index in [0.29, 0.717) is 36.8 Å². The number of urea groups is 1. The molecule has 0 aromatic heterocycles. The summed E-state index contributed by atoms with van der Waals surface area (Å²) in [6, 6.07) is 4.70. The molecule has 2 heterocycles. The Labute approximate surface area is 163 Å². The van der Waals surface area contributed by atoms with Gasteiger partial charge in [-0.25, -0.2) is 4.79 Å². The maximum atomic E-state index is 12.2. The molecule has 0 saturated carbocycles. The van der Waals surface area contributed by atoms with Gasteiger partial charge in [0.1, 0.15) is 0 Å². The zero-order valence-corrected chi connectivity index (χ0v) is 16.0. The maximum Gasteiger partial charge on any atom is 0.319 e. The minimum Gasteiger partial charge on any atom is -0.359 e. The van der Waals surface area contributed by atoms with Crippen molar-refractivity contribution in [3.05, 3.63) is 23.2 Å². The zero-order valence-electron chi connectivity index (χ0n) is 15.3. The van der Waals surface area contributed by atoms with E-state index in [4.69, 9.17) is 11.6 Å². The van der Waals surface area contributed by atoms with Crippen LogP contribution < -0.4 is 20.9 Å². The summed E-state index contributed by atoms with van der Waals surface area (Å²) in [7, 11) is 0. The van der Waals surface area contributed by atoms with E-state index in [-0.39, 0.29) is 30.4 Å². The Kier molecular flexibility index (Phi) is 6.05. The average molecular weight is 394 g/mol. The molecule has 0 radical (unpaired) electrons. The van der Waals surface area contributed by atoms with Gasteiger partial charge in [-0.15, -0.1) is 0 Å². The highest BCUT2D eigenvalue weighted by Crippen LogP contribution is 2.29. The lowest BCUT2D eigenvalue weighted by Crippen LogP contribution is -2.47. The molecule has 1 aromatic carbocycles. The highest BCUT2D eigenvalue weighted by Gasteiger charge is 2.22. The lowest BCUT2D eigenvalue weighted by Gasteiger charge is -2.29. The molecule has 3 rings (SSSR count). The quantitative estimate of drug-likeness (QED) is 0.705. The Morgan fingerprint density at radius 3 is 2.81 bits per heavy atom. The van der Waals surface area contributed by atoms with Crippen LogP contribution in [0, 0.1) is 0 Å². The van der Waals surface area contributed by atoms with Gasteiger partial charge >= 0.3 is 6.03 Å². The van der Waals surface area contributed by atoms with Crippen LogP contribution in [0.15, 0.2) is 18.2 Å². The number of nitrogens with one attached hydrogen (secondary N) is 3. The predicted octanol–water partition coefficient (Wildman–Crippen LogP) is 1.41. The maximum absolute atomic E-state index is 12.2. The molecule has 0 bridgehead atoms. The van der Waals surface area contributed by atoms with Gasteiger partial charge in [-0.2, -0.15) is 0 Å². The van der Waals surface area contributed by atoms with Gasteiger partial charge in [0.25, 0.3) is 0 Å². The molecular formula is C18H24ClN5O3. The van der Waals surface area contributed by atoms with Gasteiger partial charge in [-0.05, 0) is 31.5 Å². The average Bonchev–Trinajstić information content (AvgIpc) is 2.99. The fourth-order valence-corrected chi connectivity index (χ4v) is 3.65. The number of amides is 4. The van der Waals surface area contributed by atoms with Crippen molar-refractivity contribution < 1.29 is 14.4 Å². The molecule has 9 heteroatoms. The van der Waals surface area contributed by atoms with Crippen molar-refractivity contribution >= 4 is 40.8 Å². The zero-order chi connectivity index (χ0) is 19.4. The summed E-state index contributed by atoms with van der Waals surface area (Å²) >= 11 is 6.34. The number of nitrogens with zero attached hydrogens (tertiary/aromatic N) is 2. The topological polar surface area (TPSA) is 93.8 Å². The van der Waals surface area contributed by atoms with Crippen molar-refractivity contribution in [3.63, 3.8) is 0 Å². The van der Waals surface area contributed by atoms with Crippen LogP contribution in [0.1, 0.15) is 19.8 Å². The molecule has 4 amide bonds. The van der Waals surface area contributed by atoms with Crippen molar-refractivity contribution in [2.24, 2.45) is 0 Å². The van der Waals surface area contributed by atoms with E-state index in [1.54, 1.807) is 23.1 Å². The SMILES string of the molecule is CC(CN1CCCC1=O)NC(=O)Nc1ccc(N2CCNC(=O)C2)c(Cl)c1. The molecule has 3 N–H and O–H groups in total. The first-order valence-corrected chi connectivity index (χ1v) is 9.46. The third kappa shape index (κ3) is 5.03. The lowest BCUT2D eigenvalue weighted by atomic mass is 10.2. The molecule has 27 heavy (non-hydrogen) atoms. The van der Waals surface area contributed by atoms with Crippen LogP contribution >= 0.6 is 11.6 Å². The Hall–Kier alpha value is -2.48. The van der Waals surface area contributed by atoms with Gasteiger partial charge in [-0.3, -0.25) is 9.59 Å². The Balaban J connectivity index is 1.54. The van der Waals surface area contributed by atoms with Crippen LogP contribution in [-0.4, -0.2) is 61.5 Å². The summed E-state index contributed by atoms with van der Waals surface area (Å²) in [5.41, 5.74) is 1.32. The van der Waals surface area contributed by atoms with E-state index in [1.807, 2.05) is 11.8 Å². The first-order valence-electron chi connectivity index (χ1n) is 9.09. The van der Waals surface area contributed by atoms with Gasteiger partial charge in [0.15, 0.2) is 0 Å². The number of hydrogen-bond donors (Lipinski definition) is 3. The molecule has 8 nitrogen and oxygen atoms in total. The first kappa shape index (κ1) is 19.3. The lowest BCUT2D eigenvalue weighted by molar-refractivity contribution is -0.128. The van der Waals surface area contributed by atoms with Crippen LogP contribution in [0.25, 0.3) is 0 Å². The van der Waals surface area contributed by atoms with Crippen molar-refractivity contribution in [1.82, 2.24) is 15.5 Å². The standard InChI is InChI=1S/C18H24ClN5O3/c1-12(10-24-7-2-3-17(24)26)21-18(27)22-13-4-5-15(14(19)9-13)23-8-6-20-16(25)11-23/h4-5,9,12H,2-3,6-8,10-11H2,1H3,(H,20,25)(H2,21,22,27). The second kappa shape index (κ2) is 8.47. The molecule has 1 unspecified atom stereocenters. The minimum absolute atomic E-state index is 0.0376. The summed E-state index contributed by atoms with van der Waals surface area (Å²) in [5.74, 6) is 0.0993. The van der Waals surface area contributed by atoms with Crippen molar-refractivity contribution in [3.8, 4) is 0 Å². The smallest absolute Gasteiger partial charge is 0.319 e. The van der Waals surface area contributed by atoms with Crippen LogP contribution in [-0.2, 0) is 9.59 Å².